The predicted molar refractivity (Wildman–Crippen MR) is 61.9 cm³/mol. The van der Waals surface area contributed by atoms with Gasteiger partial charge in [-0.15, -0.1) is 0 Å². The highest BCUT2D eigenvalue weighted by Gasteiger charge is 2.25. The average Bonchev–Trinajstić information content (AvgIpc) is 2.29. The van der Waals surface area contributed by atoms with Crippen LogP contribution in [-0.2, 0) is 9.53 Å². The summed E-state index contributed by atoms with van der Waals surface area (Å²) in [6, 6.07) is 0. The van der Waals surface area contributed by atoms with Crippen LogP contribution in [0.3, 0.4) is 0 Å². The van der Waals surface area contributed by atoms with Crippen LogP contribution in [-0.4, -0.2) is 19.0 Å². The first-order chi connectivity index (χ1) is 7.27. The molecule has 1 rings (SSSR count). The summed E-state index contributed by atoms with van der Waals surface area (Å²) in [6.07, 6.45) is 6.66. The van der Waals surface area contributed by atoms with Crippen LogP contribution in [0.25, 0.3) is 0 Å². The maximum absolute atomic E-state index is 11.9. The zero-order valence-corrected chi connectivity index (χ0v) is 10.1. The number of carbonyl (C=O) groups is 1. The normalized spacial score (nSPS) is 26.5. The predicted octanol–water partition coefficient (Wildman–Crippen LogP) is 3.20. The van der Waals surface area contributed by atoms with Crippen LogP contribution in [0.15, 0.2) is 0 Å². The summed E-state index contributed by atoms with van der Waals surface area (Å²) in [5.74, 6) is 1.56. The zero-order chi connectivity index (χ0) is 11.1. The summed E-state index contributed by atoms with van der Waals surface area (Å²) in [7, 11) is 0. The van der Waals surface area contributed by atoms with E-state index in [4.69, 9.17) is 4.74 Å². The Labute approximate surface area is 93.4 Å². The summed E-state index contributed by atoms with van der Waals surface area (Å²) in [6.45, 7) is 5.54. The number of carbonyl (C=O) groups excluding carboxylic acids is 1. The standard InChI is InChI=1S/C13H24O2/c1-3-11-6-5-7-12(10-11)13(14)8-9-15-4-2/h11-12H,3-10H2,1-2H3. The topological polar surface area (TPSA) is 26.3 Å². The molecule has 2 unspecified atom stereocenters. The summed E-state index contributed by atoms with van der Waals surface area (Å²) in [4.78, 5) is 11.9. The van der Waals surface area contributed by atoms with E-state index in [9.17, 15) is 4.79 Å². The molecule has 1 saturated carbocycles. The molecule has 2 nitrogen and oxygen atoms in total. The molecule has 0 aromatic heterocycles. The lowest BCUT2D eigenvalue weighted by Crippen LogP contribution is -2.23. The van der Waals surface area contributed by atoms with Crippen LogP contribution < -0.4 is 0 Å². The Morgan fingerprint density at radius 1 is 1.33 bits per heavy atom. The number of hydrogen-bond acceptors (Lipinski definition) is 2. The van der Waals surface area contributed by atoms with Crippen molar-refractivity contribution in [3.8, 4) is 0 Å². The maximum atomic E-state index is 11.9. The molecule has 1 aliphatic carbocycles. The van der Waals surface area contributed by atoms with E-state index in [0.717, 1.165) is 25.4 Å². The Kier molecular flexibility index (Phi) is 5.92. The maximum Gasteiger partial charge on any atom is 0.138 e. The zero-order valence-electron chi connectivity index (χ0n) is 10.1. The van der Waals surface area contributed by atoms with Crippen molar-refractivity contribution < 1.29 is 9.53 Å². The third kappa shape index (κ3) is 4.33. The van der Waals surface area contributed by atoms with Crippen molar-refractivity contribution in [2.24, 2.45) is 11.8 Å². The molecule has 15 heavy (non-hydrogen) atoms. The molecule has 0 aliphatic heterocycles. The van der Waals surface area contributed by atoms with Crippen LogP contribution in [0.4, 0.5) is 0 Å². The van der Waals surface area contributed by atoms with Gasteiger partial charge in [-0.25, -0.2) is 0 Å². The second kappa shape index (κ2) is 7.00. The van der Waals surface area contributed by atoms with Gasteiger partial charge in [0.2, 0.25) is 0 Å². The van der Waals surface area contributed by atoms with Crippen LogP contribution >= 0.6 is 0 Å². The smallest absolute Gasteiger partial charge is 0.138 e. The van der Waals surface area contributed by atoms with Gasteiger partial charge in [0.15, 0.2) is 0 Å². The van der Waals surface area contributed by atoms with Gasteiger partial charge in [-0.05, 0) is 25.7 Å². The minimum atomic E-state index is 0.337. The minimum Gasteiger partial charge on any atom is -0.381 e. The monoisotopic (exact) mass is 212 g/mol. The van der Waals surface area contributed by atoms with Gasteiger partial charge in [-0.1, -0.05) is 26.2 Å². The van der Waals surface area contributed by atoms with E-state index < -0.39 is 0 Å². The Morgan fingerprint density at radius 3 is 2.80 bits per heavy atom. The Balaban J connectivity index is 2.25. The molecule has 2 atom stereocenters. The molecule has 0 bridgehead atoms. The number of Topliss-reactive ketones (excluding diaryl/α,β-unsaturated/α-hetero) is 1. The van der Waals surface area contributed by atoms with Gasteiger partial charge < -0.3 is 4.74 Å². The SMILES string of the molecule is CCOCCC(=O)C1CCCC(CC)C1. The van der Waals surface area contributed by atoms with Crippen molar-refractivity contribution >= 4 is 5.78 Å². The van der Waals surface area contributed by atoms with Crippen molar-refractivity contribution in [3.05, 3.63) is 0 Å². The summed E-state index contributed by atoms with van der Waals surface area (Å²) < 4.78 is 5.23. The van der Waals surface area contributed by atoms with Gasteiger partial charge in [0, 0.05) is 18.9 Å². The molecule has 0 aromatic rings. The number of ketones is 1. The van der Waals surface area contributed by atoms with Gasteiger partial charge in [0.1, 0.15) is 5.78 Å². The molecule has 1 aliphatic rings. The molecule has 2 heteroatoms. The molecule has 0 heterocycles. The lowest BCUT2D eigenvalue weighted by molar-refractivity contribution is -0.125. The van der Waals surface area contributed by atoms with Crippen LogP contribution in [0.2, 0.25) is 0 Å². The summed E-state index contributed by atoms with van der Waals surface area (Å²) in [5.41, 5.74) is 0. The molecule has 0 radical (unpaired) electrons. The van der Waals surface area contributed by atoms with E-state index in [1.165, 1.54) is 19.3 Å². The van der Waals surface area contributed by atoms with Crippen molar-refractivity contribution in [2.45, 2.75) is 52.4 Å². The molecular formula is C13H24O2. The largest absolute Gasteiger partial charge is 0.381 e. The fourth-order valence-electron chi connectivity index (χ4n) is 2.48. The molecule has 1 fully saturated rings. The third-order valence-electron chi connectivity index (χ3n) is 3.51. The van der Waals surface area contributed by atoms with Gasteiger partial charge >= 0.3 is 0 Å². The summed E-state index contributed by atoms with van der Waals surface area (Å²) >= 11 is 0. The van der Waals surface area contributed by atoms with E-state index in [1.54, 1.807) is 0 Å². The van der Waals surface area contributed by atoms with Crippen molar-refractivity contribution in [1.82, 2.24) is 0 Å². The van der Waals surface area contributed by atoms with Crippen molar-refractivity contribution in [1.29, 1.82) is 0 Å². The van der Waals surface area contributed by atoms with Crippen LogP contribution in [0, 0.1) is 11.8 Å². The Bertz CT molecular complexity index is 189. The van der Waals surface area contributed by atoms with Gasteiger partial charge in [0.05, 0.1) is 6.61 Å². The Morgan fingerprint density at radius 2 is 2.13 bits per heavy atom. The lowest BCUT2D eigenvalue weighted by atomic mass is 9.78. The van der Waals surface area contributed by atoms with Crippen LogP contribution in [0.1, 0.15) is 52.4 Å². The minimum absolute atomic E-state index is 0.337. The highest BCUT2D eigenvalue weighted by atomic mass is 16.5. The van der Waals surface area contributed by atoms with E-state index >= 15 is 0 Å². The average molecular weight is 212 g/mol. The quantitative estimate of drug-likeness (QED) is 0.632. The first-order valence-corrected chi connectivity index (χ1v) is 6.38. The van der Waals surface area contributed by atoms with Gasteiger partial charge in [0.25, 0.3) is 0 Å². The fourth-order valence-corrected chi connectivity index (χ4v) is 2.48. The second-order valence-electron chi connectivity index (χ2n) is 4.55. The molecule has 0 N–H and O–H groups in total. The van der Waals surface area contributed by atoms with Gasteiger partial charge in [-0.3, -0.25) is 4.79 Å². The first-order valence-electron chi connectivity index (χ1n) is 6.38. The molecule has 0 amide bonds. The lowest BCUT2D eigenvalue weighted by Gasteiger charge is -2.27. The second-order valence-corrected chi connectivity index (χ2v) is 4.55. The van der Waals surface area contributed by atoms with Crippen molar-refractivity contribution in [3.63, 3.8) is 0 Å². The first kappa shape index (κ1) is 12.7. The Hall–Kier alpha value is -0.370. The fraction of sp³-hybridized carbons (Fsp3) is 0.923. The van der Waals surface area contributed by atoms with Gasteiger partial charge in [-0.2, -0.15) is 0 Å². The molecule has 0 aromatic carbocycles. The van der Waals surface area contributed by atoms with E-state index in [0.29, 0.717) is 24.7 Å². The van der Waals surface area contributed by atoms with E-state index in [2.05, 4.69) is 6.92 Å². The van der Waals surface area contributed by atoms with Crippen LogP contribution in [0.5, 0.6) is 0 Å². The summed E-state index contributed by atoms with van der Waals surface area (Å²) in [5, 5.41) is 0. The number of rotatable bonds is 6. The van der Waals surface area contributed by atoms with Crippen molar-refractivity contribution in [2.75, 3.05) is 13.2 Å². The third-order valence-corrected chi connectivity index (χ3v) is 3.51. The highest BCUT2D eigenvalue weighted by molar-refractivity contribution is 5.81. The molecule has 88 valence electrons. The van der Waals surface area contributed by atoms with E-state index in [1.807, 2.05) is 6.92 Å². The highest BCUT2D eigenvalue weighted by Crippen LogP contribution is 2.31. The molecule has 0 spiro atoms. The number of ether oxygens (including phenoxy) is 1. The molecular weight excluding hydrogens is 188 g/mol. The van der Waals surface area contributed by atoms with E-state index in [-0.39, 0.29) is 0 Å². The number of hydrogen-bond donors (Lipinski definition) is 0. The molecule has 0 saturated heterocycles.